The maximum atomic E-state index is 13.6. The summed E-state index contributed by atoms with van der Waals surface area (Å²) >= 11 is 5.73. The highest BCUT2D eigenvalue weighted by Gasteiger charge is 2.33. The molecule has 1 unspecified atom stereocenters. The van der Waals surface area contributed by atoms with Gasteiger partial charge in [-0.1, -0.05) is 25.4 Å². The van der Waals surface area contributed by atoms with Crippen LogP contribution in [0.15, 0.2) is 30.5 Å². The van der Waals surface area contributed by atoms with E-state index in [9.17, 15) is 9.50 Å². The molecule has 2 nitrogen and oxygen atoms in total. The zero-order chi connectivity index (χ0) is 14.5. The first-order valence-corrected chi connectivity index (χ1v) is 7.09. The molecule has 106 valence electrons. The van der Waals surface area contributed by atoms with Crippen LogP contribution in [0.5, 0.6) is 0 Å². The van der Waals surface area contributed by atoms with Crippen LogP contribution < -0.4 is 0 Å². The fourth-order valence-electron chi connectivity index (χ4n) is 3.01. The predicted molar refractivity (Wildman–Crippen MR) is 77.8 cm³/mol. The Morgan fingerprint density at radius 1 is 1.35 bits per heavy atom. The lowest BCUT2D eigenvalue weighted by Crippen LogP contribution is -2.26. The maximum Gasteiger partial charge on any atom is 0.143 e. The SMILES string of the molecule is CC1(C)Cc2c(ccn2-c2ccc(Cl)c(F)c2)C(O)C1. The van der Waals surface area contributed by atoms with Crippen molar-refractivity contribution in [3.8, 4) is 5.69 Å². The summed E-state index contributed by atoms with van der Waals surface area (Å²) in [7, 11) is 0. The number of rotatable bonds is 1. The molecule has 1 atom stereocenters. The zero-order valence-electron chi connectivity index (χ0n) is 11.5. The summed E-state index contributed by atoms with van der Waals surface area (Å²) < 4.78 is 15.6. The molecule has 1 aliphatic rings. The average Bonchev–Trinajstić information content (AvgIpc) is 2.75. The van der Waals surface area contributed by atoms with Crippen LogP contribution in [0.3, 0.4) is 0 Å². The molecule has 20 heavy (non-hydrogen) atoms. The third kappa shape index (κ3) is 2.25. The van der Waals surface area contributed by atoms with Crippen molar-refractivity contribution in [3.63, 3.8) is 0 Å². The van der Waals surface area contributed by atoms with Crippen LogP contribution in [-0.4, -0.2) is 9.67 Å². The first kappa shape index (κ1) is 13.7. The Kier molecular flexibility index (Phi) is 3.14. The minimum Gasteiger partial charge on any atom is -0.388 e. The van der Waals surface area contributed by atoms with Gasteiger partial charge in [0.15, 0.2) is 0 Å². The molecule has 0 amide bonds. The van der Waals surface area contributed by atoms with Crippen molar-refractivity contribution >= 4 is 11.6 Å². The van der Waals surface area contributed by atoms with Crippen molar-refractivity contribution in [1.82, 2.24) is 4.57 Å². The summed E-state index contributed by atoms with van der Waals surface area (Å²) in [5.41, 5.74) is 2.77. The molecule has 0 fully saturated rings. The van der Waals surface area contributed by atoms with Crippen molar-refractivity contribution in [2.45, 2.75) is 32.8 Å². The standard InChI is InChI=1S/C16H17ClFNO/c1-16(2)8-14-11(15(20)9-16)5-6-19(14)10-3-4-12(17)13(18)7-10/h3-7,15,20H,8-9H2,1-2H3. The lowest BCUT2D eigenvalue weighted by atomic mass is 9.75. The molecule has 0 saturated carbocycles. The van der Waals surface area contributed by atoms with Gasteiger partial charge in [0, 0.05) is 23.1 Å². The van der Waals surface area contributed by atoms with Crippen molar-refractivity contribution in [2.24, 2.45) is 5.41 Å². The largest absolute Gasteiger partial charge is 0.388 e. The van der Waals surface area contributed by atoms with Crippen molar-refractivity contribution in [3.05, 3.63) is 52.6 Å². The number of hydrogen-bond acceptors (Lipinski definition) is 1. The van der Waals surface area contributed by atoms with Gasteiger partial charge in [-0.3, -0.25) is 0 Å². The van der Waals surface area contributed by atoms with Gasteiger partial charge in [-0.15, -0.1) is 0 Å². The summed E-state index contributed by atoms with van der Waals surface area (Å²) in [4.78, 5) is 0. The van der Waals surface area contributed by atoms with Gasteiger partial charge in [0.1, 0.15) is 5.82 Å². The van der Waals surface area contributed by atoms with E-state index >= 15 is 0 Å². The van der Waals surface area contributed by atoms with Gasteiger partial charge in [-0.05, 0) is 42.5 Å². The fourth-order valence-corrected chi connectivity index (χ4v) is 3.12. The smallest absolute Gasteiger partial charge is 0.143 e. The van der Waals surface area contributed by atoms with Crippen LogP contribution >= 0.6 is 11.6 Å². The van der Waals surface area contributed by atoms with E-state index in [4.69, 9.17) is 11.6 Å². The van der Waals surface area contributed by atoms with Gasteiger partial charge in [0.25, 0.3) is 0 Å². The molecule has 1 aromatic heterocycles. The minimum absolute atomic E-state index is 0.0352. The number of fused-ring (bicyclic) bond motifs is 1. The van der Waals surface area contributed by atoms with Crippen LogP contribution in [0.1, 0.15) is 37.6 Å². The monoisotopic (exact) mass is 293 g/mol. The van der Waals surface area contributed by atoms with Crippen LogP contribution in [0.25, 0.3) is 5.69 Å². The highest BCUT2D eigenvalue weighted by Crippen LogP contribution is 2.41. The maximum absolute atomic E-state index is 13.6. The van der Waals surface area contributed by atoms with E-state index in [1.54, 1.807) is 12.1 Å². The molecule has 0 spiro atoms. The van der Waals surface area contributed by atoms with Gasteiger partial charge in [0.05, 0.1) is 11.1 Å². The molecule has 0 saturated heterocycles. The van der Waals surface area contributed by atoms with Crippen molar-refractivity contribution < 1.29 is 9.50 Å². The summed E-state index contributed by atoms with van der Waals surface area (Å²) in [5.74, 6) is -0.428. The molecule has 0 aliphatic heterocycles. The number of nitrogens with zero attached hydrogens (tertiary/aromatic N) is 1. The van der Waals surface area contributed by atoms with E-state index < -0.39 is 11.9 Å². The first-order valence-electron chi connectivity index (χ1n) is 6.71. The molecule has 0 bridgehead atoms. The number of aliphatic hydroxyl groups excluding tert-OH is 1. The molecular weight excluding hydrogens is 277 g/mol. The quantitative estimate of drug-likeness (QED) is 0.834. The van der Waals surface area contributed by atoms with Gasteiger partial charge in [-0.2, -0.15) is 0 Å². The number of aliphatic hydroxyl groups is 1. The molecular formula is C16H17ClFNO. The van der Waals surface area contributed by atoms with E-state index in [2.05, 4.69) is 13.8 Å². The Labute approximate surface area is 122 Å². The Morgan fingerprint density at radius 3 is 2.80 bits per heavy atom. The lowest BCUT2D eigenvalue weighted by Gasteiger charge is -2.33. The number of halogens is 2. The summed E-state index contributed by atoms with van der Waals surface area (Å²) in [6, 6.07) is 6.70. The van der Waals surface area contributed by atoms with E-state index in [0.717, 1.165) is 29.8 Å². The molecule has 4 heteroatoms. The Balaban J connectivity index is 2.10. The normalized spacial score (nSPS) is 20.8. The van der Waals surface area contributed by atoms with Crippen molar-refractivity contribution in [1.29, 1.82) is 0 Å². The number of hydrogen-bond donors (Lipinski definition) is 1. The van der Waals surface area contributed by atoms with Gasteiger partial charge in [-0.25, -0.2) is 4.39 Å². The lowest BCUT2D eigenvalue weighted by molar-refractivity contribution is 0.0987. The fraction of sp³-hybridized carbons (Fsp3) is 0.375. The minimum atomic E-state index is -0.452. The van der Waals surface area contributed by atoms with Crippen LogP contribution in [0, 0.1) is 11.2 Å². The summed E-state index contributed by atoms with van der Waals surface area (Å²) in [6.45, 7) is 4.28. The van der Waals surface area contributed by atoms with Crippen LogP contribution in [0.2, 0.25) is 5.02 Å². The van der Waals surface area contributed by atoms with Gasteiger partial charge < -0.3 is 9.67 Å². The van der Waals surface area contributed by atoms with E-state index in [-0.39, 0.29) is 10.4 Å². The molecule has 1 N–H and O–H groups in total. The van der Waals surface area contributed by atoms with E-state index in [1.807, 2.05) is 16.8 Å². The van der Waals surface area contributed by atoms with Crippen LogP contribution in [0.4, 0.5) is 4.39 Å². The second kappa shape index (κ2) is 4.61. The molecule has 0 radical (unpaired) electrons. The van der Waals surface area contributed by atoms with Gasteiger partial charge >= 0.3 is 0 Å². The topological polar surface area (TPSA) is 25.2 Å². The highest BCUT2D eigenvalue weighted by atomic mass is 35.5. The number of benzene rings is 1. The summed E-state index contributed by atoms with van der Waals surface area (Å²) in [5, 5.41) is 10.4. The summed E-state index contributed by atoms with van der Waals surface area (Å²) in [6.07, 6.45) is 3.04. The Hall–Kier alpha value is -1.32. The molecule has 3 rings (SSSR count). The molecule has 1 heterocycles. The van der Waals surface area contributed by atoms with Gasteiger partial charge in [0.2, 0.25) is 0 Å². The third-order valence-electron chi connectivity index (χ3n) is 3.96. The second-order valence-electron chi connectivity index (χ2n) is 6.25. The molecule has 1 aromatic carbocycles. The Morgan fingerprint density at radius 2 is 2.10 bits per heavy atom. The predicted octanol–water partition coefficient (Wildman–Crippen LogP) is 4.28. The molecule has 1 aliphatic carbocycles. The van der Waals surface area contributed by atoms with E-state index in [0.29, 0.717) is 0 Å². The Bertz CT molecular complexity index is 662. The van der Waals surface area contributed by atoms with E-state index in [1.165, 1.54) is 6.07 Å². The van der Waals surface area contributed by atoms with Crippen LogP contribution in [-0.2, 0) is 6.42 Å². The first-order chi connectivity index (χ1) is 9.37. The zero-order valence-corrected chi connectivity index (χ0v) is 12.3. The second-order valence-corrected chi connectivity index (χ2v) is 6.65. The van der Waals surface area contributed by atoms with Crippen molar-refractivity contribution in [2.75, 3.05) is 0 Å². The third-order valence-corrected chi connectivity index (χ3v) is 4.27. The molecule has 2 aromatic rings. The average molecular weight is 294 g/mol. The highest BCUT2D eigenvalue weighted by molar-refractivity contribution is 6.30. The number of aromatic nitrogens is 1.